The molecule has 1 atom stereocenters. The standard InChI is InChI=1S/C21H28N4O/c1-16-6-7-20(13-17(16)2)25-11-9-24(10-12-25)18(3)21(26)23-15-19-5-4-8-22-14-19/h4-8,13-14,18H,9-12,15H2,1-3H3,(H,23,26)/t18-/m0/s1. The summed E-state index contributed by atoms with van der Waals surface area (Å²) < 4.78 is 0. The third-order valence-corrected chi connectivity index (χ3v) is 5.29. The molecule has 0 bridgehead atoms. The predicted molar refractivity (Wildman–Crippen MR) is 105 cm³/mol. The molecule has 0 unspecified atom stereocenters. The smallest absolute Gasteiger partial charge is 0.237 e. The molecule has 2 heterocycles. The molecule has 1 aliphatic heterocycles. The molecular formula is C21H28N4O. The molecule has 26 heavy (non-hydrogen) atoms. The average molecular weight is 352 g/mol. The summed E-state index contributed by atoms with van der Waals surface area (Å²) >= 11 is 0. The van der Waals surface area contributed by atoms with E-state index in [2.05, 4.69) is 52.1 Å². The molecule has 0 spiro atoms. The molecule has 3 rings (SSSR count). The van der Waals surface area contributed by atoms with Crippen molar-refractivity contribution in [1.29, 1.82) is 0 Å². The summed E-state index contributed by atoms with van der Waals surface area (Å²) in [6.07, 6.45) is 3.52. The number of pyridine rings is 1. The quantitative estimate of drug-likeness (QED) is 0.898. The fourth-order valence-corrected chi connectivity index (χ4v) is 3.30. The molecule has 1 aromatic heterocycles. The number of rotatable bonds is 5. The largest absolute Gasteiger partial charge is 0.369 e. The highest BCUT2D eigenvalue weighted by Crippen LogP contribution is 2.20. The molecule has 1 aromatic carbocycles. The maximum atomic E-state index is 12.5. The Labute approximate surface area is 156 Å². The Morgan fingerprint density at radius 2 is 1.92 bits per heavy atom. The van der Waals surface area contributed by atoms with Crippen LogP contribution in [0.5, 0.6) is 0 Å². The van der Waals surface area contributed by atoms with Crippen LogP contribution in [0.15, 0.2) is 42.7 Å². The molecule has 1 N–H and O–H groups in total. The summed E-state index contributed by atoms with van der Waals surface area (Å²) in [5.74, 6) is 0.0773. The van der Waals surface area contributed by atoms with Crippen molar-refractivity contribution >= 4 is 11.6 Å². The van der Waals surface area contributed by atoms with E-state index in [-0.39, 0.29) is 11.9 Å². The molecule has 0 saturated carbocycles. The highest BCUT2D eigenvalue weighted by atomic mass is 16.2. The summed E-state index contributed by atoms with van der Waals surface area (Å²) in [5.41, 5.74) is 4.95. The number of anilines is 1. The van der Waals surface area contributed by atoms with Crippen molar-refractivity contribution in [2.45, 2.75) is 33.4 Å². The number of piperazine rings is 1. The molecule has 1 fully saturated rings. The number of benzene rings is 1. The number of nitrogens with zero attached hydrogens (tertiary/aromatic N) is 3. The van der Waals surface area contributed by atoms with Crippen LogP contribution < -0.4 is 10.2 Å². The van der Waals surface area contributed by atoms with Gasteiger partial charge in [0.05, 0.1) is 6.04 Å². The van der Waals surface area contributed by atoms with E-state index in [0.717, 1.165) is 31.7 Å². The predicted octanol–water partition coefficient (Wildman–Crippen LogP) is 2.53. The zero-order valence-electron chi connectivity index (χ0n) is 15.9. The van der Waals surface area contributed by atoms with Gasteiger partial charge in [0.15, 0.2) is 0 Å². The zero-order valence-corrected chi connectivity index (χ0v) is 15.9. The van der Waals surface area contributed by atoms with Crippen molar-refractivity contribution in [3.8, 4) is 0 Å². The molecule has 1 saturated heterocycles. The lowest BCUT2D eigenvalue weighted by molar-refractivity contribution is -0.126. The van der Waals surface area contributed by atoms with Gasteiger partial charge < -0.3 is 10.2 Å². The number of hydrogen-bond donors (Lipinski definition) is 1. The van der Waals surface area contributed by atoms with E-state index >= 15 is 0 Å². The maximum absolute atomic E-state index is 12.5. The molecule has 2 aromatic rings. The Morgan fingerprint density at radius 1 is 1.15 bits per heavy atom. The zero-order chi connectivity index (χ0) is 18.5. The van der Waals surface area contributed by atoms with E-state index in [4.69, 9.17) is 0 Å². The van der Waals surface area contributed by atoms with Crippen LogP contribution in [0.4, 0.5) is 5.69 Å². The Bertz CT molecular complexity index is 739. The van der Waals surface area contributed by atoms with Crippen LogP contribution in [-0.4, -0.2) is 48.0 Å². The van der Waals surface area contributed by atoms with Crippen LogP contribution in [0.1, 0.15) is 23.6 Å². The van der Waals surface area contributed by atoms with Gasteiger partial charge in [-0.3, -0.25) is 14.7 Å². The third-order valence-electron chi connectivity index (χ3n) is 5.29. The molecule has 1 aliphatic rings. The van der Waals surface area contributed by atoms with Crippen LogP contribution >= 0.6 is 0 Å². The van der Waals surface area contributed by atoms with Crippen molar-refractivity contribution in [1.82, 2.24) is 15.2 Å². The SMILES string of the molecule is Cc1ccc(N2CCN([C@@H](C)C(=O)NCc3cccnc3)CC2)cc1C. The lowest BCUT2D eigenvalue weighted by Crippen LogP contribution is -2.53. The Balaban J connectivity index is 1.50. The van der Waals surface area contributed by atoms with E-state index < -0.39 is 0 Å². The highest BCUT2D eigenvalue weighted by Gasteiger charge is 2.25. The van der Waals surface area contributed by atoms with Crippen LogP contribution in [-0.2, 0) is 11.3 Å². The monoisotopic (exact) mass is 352 g/mol. The number of amides is 1. The first-order valence-corrected chi connectivity index (χ1v) is 9.27. The van der Waals surface area contributed by atoms with Gasteiger partial charge in [0.25, 0.3) is 0 Å². The Hall–Kier alpha value is -2.40. The topological polar surface area (TPSA) is 48.5 Å². The van der Waals surface area contributed by atoms with Gasteiger partial charge in [0.1, 0.15) is 0 Å². The lowest BCUT2D eigenvalue weighted by atomic mass is 10.1. The van der Waals surface area contributed by atoms with E-state index in [1.165, 1.54) is 16.8 Å². The minimum atomic E-state index is -0.117. The molecule has 0 radical (unpaired) electrons. The van der Waals surface area contributed by atoms with Gasteiger partial charge in [0, 0.05) is 50.8 Å². The van der Waals surface area contributed by atoms with Crippen LogP contribution in [0.25, 0.3) is 0 Å². The van der Waals surface area contributed by atoms with E-state index in [1.807, 2.05) is 19.1 Å². The van der Waals surface area contributed by atoms with E-state index in [1.54, 1.807) is 12.4 Å². The van der Waals surface area contributed by atoms with Crippen LogP contribution in [0.2, 0.25) is 0 Å². The third kappa shape index (κ3) is 4.41. The van der Waals surface area contributed by atoms with Crippen LogP contribution in [0.3, 0.4) is 0 Å². The summed E-state index contributed by atoms with van der Waals surface area (Å²) in [6, 6.07) is 10.4. The van der Waals surface area contributed by atoms with Gasteiger partial charge >= 0.3 is 0 Å². The molecule has 0 aliphatic carbocycles. The normalized spacial score (nSPS) is 16.3. The number of carbonyl (C=O) groups excluding carboxylic acids is 1. The van der Waals surface area contributed by atoms with Crippen molar-refractivity contribution in [3.05, 3.63) is 59.4 Å². The molecule has 138 valence electrons. The first-order valence-electron chi connectivity index (χ1n) is 9.27. The van der Waals surface area contributed by atoms with Crippen molar-refractivity contribution in [2.75, 3.05) is 31.1 Å². The lowest BCUT2D eigenvalue weighted by Gasteiger charge is -2.38. The fourth-order valence-electron chi connectivity index (χ4n) is 3.30. The second-order valence-corrected chi connectivity index (χ2v) is 7.05. The average Bonchev–Trinajstić information content (AvgIpc) is 2.68. The maximum Gasteiger partial charge on any atom is 0.237 e. The number of hydrogen-bond acceptors (Lipinski definition) is 4. The summed E-state index contributed by atoms with van der Waals surface area (Å²) in [4.78, 5) is 21.2. The number of aryl methyl sites for hydroxylation is 2. The van der Waals surface area contributed by atoms with Gasteiger partial charge in [-0.15, -0.1) is 0 Å². The minimum absolute atomic E-state index is 0.0773. The molecule has 1 amide bonds. The fraction of sp³-hybridized carbons (Fsp3) is 0.429. The molecule has 5 heteroatoms. The van der Waals surface area contributed by atoms with Gasteiger partial charge in [-0.25, -0.2) is 0 Å². The first-order chi connectivity index (χ1) is 12.5. The Morgan fingerprint density at radius 3 is 2.58 bits per heavy atom. The van der Waals surface area contributed by atoms with Gasteiger partial charge in [0.2, 0.25) is 5.91 Å². The Kier molecular flexibility index (Phi) is 5.89. The highest BCUT2D eigenvalue weighted by molar-refractivity contribution is 5.81. The van der Waals surface area contributed by atoms with Gasteiger partial charge in [-0.05, 0) is 55.7 Å². The summed E-state index contributed by atoms with van der Waals surface area (Å²) in [7, 11) is 0. The summed E-state index contributed by atoms with van der Waals surface area (Å²) in [5, 5.41) is 3.02. The van der Waals surface area contributed by atoms with Crippen LogP contribution in [0, 0.1) is 13.8 Å². The number of aromatic nitrogens is 1. The van der Waals surface area contributed by atoms with E-state index in [0.29, 0.717) is 6.54 Å². The second kappa shape index (κ2) is 8.32. The van der Waals surface area contributed by atoms with Gasteiger partial charge in [-0.1, -0.05) is 12.1 Å². The van der Waals surface area contributed by atoms with E-state index in [9.17, 15) is 4.79 Å². The van der Waals surface area contributed by atoms with Crippen molar-refractivity contribution in [2.24, 2.45) is 0 Å². The molecular weight excluding hydrogens is 324 g/mol. The first kappa shape index (κ1) is 18.4. The summed E-state index contributed by atoms with van der Waals surface area (Å²) in [6.45, 7) is 10.5. The van der Waals surface area contributed by atoms with Crippen molar-refractivity contribution < 1.29 is 4.79 Å². The van der Waals surface area contributed by atoms with Crippen molar-refractivity contribution in [3.63, 3.8) is 0 Å². The second-order valence-electron chi connectivity index (χ2n) is 7.05. The number of carbonyl (C=O) groups is 1. The minimum Gasteiger partial charge on any atom is -0.369 e. The van der Waals surface area contributed by atoms with Gasteiger partial charge in [-0.2, -0.15) is 0 Å². The number of nitrogens with one attached hydrogen (secondary N) is 1. The molecule has 5 nitrogen and oxygen atoms in total.